The number of amides is 1. The Morgan fingerprint density at radius 3 is 2.89 bits per heavy atom. The van der Waals surface area contributed by atoms with Crippen molar-refractivity contribution in [1.29, 1.82) is 0 Å². The molecule has 0 atom stereocenters. The summed E-state index contributed by atoms with van der Waals surface area (Å²) in [6, 6.07) is 5.10. The number of nitrogens with one attached hydrogen (secondary N) is 2. The lowest BCUT2D eigenvalue weighted by molar-refractivity contribution is 0.0960. The van der Waals surface area contributed by atoms with Crippen molar-refractivity contribution >= 4 is 18.3 Å². The Hall–Kier alpha value is -2.01. The van der Waals surface area contributed by atoms with Gasteiger partial charge in [-0.2, -0.15) is 0 Å². The molecule has 0 bridgehead atoms. The molecule has 6 heteroatoms. The van der Waals surface area contributed by atoms with Gasteiger partial charge in [-0.05, 0) is 6.07 Å². The zero-order valence-corrected chi connectivity index (χ0v) is 10.6. The Kier molecular flexibility index (Phi) is 4.74. The maximum absolute atomic E-state index is 11.5. The van der Waals surface area contributed by atoms with Crippen molar-refractivity contribution in [3.63, 3.8) is 0 Å². The van der Waals surface area contributed by atoms with E-state index >= 15 is 0 Å². The number of hydrogen-bond donors (Lipinski definition) is 3. The molecule has 0 saturated heterocycles. The third kappa shape index (κ3) is 2.81. The van der Waals surface area contributed by atoms with Crippen molar-refractivity contribution in [2.45, 2.75) is 6.42 Å². The van der Waals surface area contributed by atoms with E-state index in [2.05, 4.69) is 15.3 Å². The van der Waals surface area contributed by atoms with Crippen molar-refractivity contribution in [1.82, 2.24) is 15.3 Å². The van der Waals surface area contributed by atoms with E-state index in [9.17, 15) is 9.90 Å². The molecular formula is C12H14ClN3O2. The summed E-state index contributed by atoms with van der Waals surface area (Å²) < 4.78 is 0. The topological polar surface area (TPSA) is 78.0 Å². The van der Waals surface area contributed by atoms with Gasteiger partial charge in [-0.15, -0.1) is 12.4 Å². The molecule has 96 valence electrons. The van der Waals surface area contributed by atoms with Crippen LogP contribution in [0.15, 0.2) is 30.7 Å². The van der Waals surface area contributed by atoms with E-state index in [1.165, 1.54) is 7.05 Å². The Morgan fingerprint density at radius 1 is 1.50 bits per heavy atom. The summed E-state index contributed by atoms with van der Waals surface area (Å²) >= 11 is 0. The van der Waals surface area contributed by atoms with Crippen LogP contribution in [-0.4, -0.2) is 28.0 Å². The van der Waals surface area contributed by atoms with E-state index in [0.29, 0.717) is 12.0 Å². The number of phenolic OH excluding ortho intramolecular Hbond substituents is 1. The number of rotatable bonds is 3. The average molecular weight is 268 g/mol. The fourth-order valence-electron chi connectivity index (χ4n) is 1.63. The first-order chi connectivity index (χ1) is 8.22. The molecular weight excluding hydrogens is 254 g/mol. The van der Waals surface area contributed by atoms with Gasteiger partial charge in [0.15, 0.2) is 0 Å². The van der Waals surface area contributed by atoms with Gasteiger partial charge in [0, 0.05) is 25.2 Å². The average Bonchev–Trinajstić information content (AvgIpc) is 2.84. The van der Waals surface area contributed by atoms with Crippen molar-refractivity contribution in [2.75, 3.05) is 7.05 Å². The number of benzene rings is 1. The van der Waals surface area contributed by atoms with Crippen LogP contribution in [0.3, 0.4) is 0 Å². The van der Waals surface area contributed by atoms with Crippen LogP contribution in [-0.2, 0) is 6.42 Å². The van der Waals surface area contributed by atoms with Gasteiger partial charge in [0.1, 0.15) is 5.75 Å². The molecule has 0 aliphatic carbocycles. The van der Waals surface area contributed by atoms with E-state index in [1.54, 1.807) is 30.7 Å². The zero-order valence-electron chi connectivity index (χ0n) is 9.80. The van der Waals surface area contributed by atoms with Crippen LogP contribution < -0.4 is 5.32 Å². The second-order valence-electron chi connectivity index (χ2n) is 3.63. The van der Waals surface area contributed by atoms with Crippen LogP contribution in [0.1, 0.15) is 21.6 Å². The van der Waals surface area contributed by atoms with Gasteiger partial charge in [0.2, 0.25) is 0 Å². The number of H-pyrrole nitrogens is 1. The Bertz CT molecular complexity index is 526. The monoisotopic (exact) mass is 267 g/mol. The highest BCUT2D eigenvalue weighted by molar-refractivity contribution is 5.97. The van der Waals surface area contributed by atoms with Crippen LogP contribution in [0.25, 0.3) is 0 Å². The number of halogens is 1. The van der Waals surface area contributed by atoms with E-state index in [1.807, 2.05) is 0 Å². The number of phenols is 1. The third-order valence-electron chi connectivity index (χ3n) is 2.52. The SMILES string of the molecule is CNC(=O)c1cccc(Cc2c[nH]cn2)c1O.Cl. The summed E-state index contributed by atoms with van der Waals surface area (Å²) in [7, 11) is 1.53. The maximum Gasteiger partial charge on any atom is 0.254 e. The second-order valence-corrected chi connectivity index (χ2v) is 3.63. The van der Waals surface area contributed by atoms with Crippen LogP contribution >= 0.6 is 12.4 Å². The van der Waals surface area contributed by atoms with E-state index in [-0.39, 0.29) is 29.6 Å². The number of nitrogens with zero attached hydrogens (tertiary/aromatic N) is 1. The van der Waals surface area contributed by atoms with Gasteiger partial charge in [-0.25, -0.2) is 4.98 Å². The summed E-state index contributed by atoms with van der Waals surface area (Å²) in [5.41, 5.74) is 1.77. The summed E-state index contributed by atoms with van der Waals surface area (Å²) in [6.07, 6.45) is 3.82. The number of carbonyl (C=O) groups is 1. The molecule has 2 rings (SSSR count). The molecule has 2 aromatic rings. The lowest BCUT2D eigenvalue weighted by Gasteiger charge is -2.07. The van der Waals surface area contributed by atoms with Gasteiger partial charge >= 0.3 is 0 Å². The van der Waals surface area contributed by atoms with Crippen LogP contribution in [0.2, 0.25) is 0 Å². The molecule has 0 saturated carbocycles. The molecule has 18 heavy (non-hydrogen) atoms. The fraction of sp³-hybridized carbons (Fsp3) is 0.167. The van der Waals surface area contributed by atoms with Crippen LogP contribution in [0.5, 0.6) is 5.75 Å². The molecule has 1 heterocycles. The summed E-state index contributed by atoms with van der Waals surface area (Å²) in [4.78, 5) is 18.4. The molecule has 3 N–H and O–H groups in total. The van der Waals surface area contributed by atoms with Gasteiger partial charge in [-0.1, -0.05) is 12.1 Å². The van der Waals surface area contributed by atoms with Gasteiger partial charge in [0.05, 0.1) is 17.6 Å². The van der Waals surface area contributed by atoms with Crippen molar-refractivity contribution in [3.05, 3.63) is 47.5 Å². The third-order valence-corrected chi connectivity index (χ3v) is 2.52. The van der Waals surface area contributed by atoms with E-state index < -0.39 is 0 Å². The fourth-order valence-corrected chi connectivity index (χ4v) is 1.63. The van der Waals surface area contributed by atoms with Crippen molar-refractivity contribution in [2.24, 2.45) is 0 Å². The standard InChI is InChI=1S/C12H13N3O2.ClH/c1-13-12(17)10-4-2-3-8(11(10)16)5-9-6-14-7-15-9;/h2-4,6-7,16H,5H2,1H3,(H,13,17)(H,14,15);1H. The summed E-state index contributed by atoms with van der Waals surface area (Å²) in [5.74, 6) is -0.291. The normalized spacial score (nSPS) is 9.61. The molecule has 0 unspecified atom stereocenters. The highest BCUT2D eigenvalue weighted by atomic mass is 35.5. The smallest absolute Gasteiger partial charge is 0.254 e. The van der Waals surface area contributed by atoms with Gasteiger partial charge in [0.25, 0.3) is 5.91 Å². The van der Waals surface area contributed by atoms with Crippen molar-refractivity contribution < 1.29 is 9.90 Å². The highest BCUT2D eigenvalue weighted by Gasteiger charge is 2.13. The number of aromatic hydroxyl groups is 1. The van der Waals surface area contributed by atoms with Gasteiger partial charge in [-0.3, -0.25) is 4.79 Å². The predicted octanol–water partition coefficient (Wildman–Crippen LogP) is 1.49. The second kappa shape index (κ2) is 6.07. The first kappa shape index (κ1) is 14.1. The Morgan fingerprint density at radius 2 is 2.28 bits per heavy atom. The minimum atomic E-state index is -0.300. The molecule has 0 fully saturated rings. The molecule has 0 spiro atoms. The molecule has 1 amide bonds. The minimum Gasteiger partial charge on any atom is -0.507 e. The molecule has 5 nitrogen and oxygen atoms in total. The molecule has 0 aliphatic rings. The lowest BCUT2D eigenvalue weighted by Crippen LogP contribution is -2.18. The molecule has 0 radical (unpaired) electrons. The number of carbonyl (C=O) groups excluding carboxylic acids is 1. The summed E-state index contributed by atoms with van der Waals surface area (Å²) in [6.45, 7) is 0. The number of aromatic amines is 1. The summed E-state index contributed by atoms with van der Waals surface area (Å²) in [5, 5.41) is 12.5. The van der Waals surface area contributed by atoms with Crippen LogP contribution in [0, 0.1) is 0 Å². The number of para-hydroxylation sites is 1. The number of hydrogen-bond acceptors (Lipinski definition) is 3. The number of imidazole rings is 1. The molecule has 1 aromatic carbocycles. The van der Waals surface area contributed by atoms with Gasteiger partial charge < -0.3 is 15.4 Å². The first-order valence-corrected chi connectivity index (χ1v) is 5.23. The largest absolute Gasteiger partial charge is 0.507 e. The van der Waals surface area contributed by atoms with E-state index in [0.717, 1.165) is 5.69 Å². The Balaban J connectivity index is 0.00000162. The minimum absolute atomic E-state index is 0. The lowest BCUT2D eigenvalue weighted by atomic mass is 10.0. The quantitative estimate of drug-likeness (QED) is 0.788. The molecule has 1 aromatic heterocycles. The van der Waals surface area contributed by atoms with Crippen molar-refractivity contribution in [3.8, 4) is 5.75 Å². The van der Waals surface area contributed by atoms with E-state index in [4.69, 9.17) is 0 Å². The van der Waals surface area contributed by atoms with Crippen LogP contribution in [0.4, 0.5) is 0 Å². The number of aromatic nitrogens is 2. The maximum atomic E-state index is 11.5. The Labute approximate surface area is 111 Å². The zero-order chi connectivity index (χ0) is 12.3. The highest BCUT2D eigenvalue weighted by Crippen LogP contribution is 2.24. The predicted molar refractivity (Wildman–Crippen MR) is 70.1 cm³/mol. The first-order valence-electron chi connectivity index (χ1n) is 5.23. The molecule has 0 aliphatic heterocycles.